The Bertz CT molecular complexity index is 334. The maximum atomic E-state index is 3.82. The molecule has 0 aromatic heterocycles. The molecule has 1 aromatic carbocycles. The molecule has 0 heterocycles. The summed E-state index contributed by atoms with van der Waals surface area (Å²) >= 11 is 0. The van der Waals surface area contributed by atoms with Crippen molar-refractivity contribution in [2.75, 3.05) is 19.6 Å². The van der Waals surface area contributed by atoms with Crippen molar-refractivity contribution in [3.05, 3.63) is 42.0 Å². The van der Waals surface area contributed by atoms with Crippen molar-refractivity contribution < 1.29 is 21.5 Å². The zero-order valence-corrected chi connectivity index (χ0v) is 12.8. The van der Waals surface area contributed by atoms with Crippen molar-refractivity contribution in [2.24, 2.45) is 0 Å². The Morgan fingerprint density at radius 2 is 1.71 bits per heavy atom. The molecule has 0 atom stereocenters. The number of hydrogen-bond acceptors (Lipinski definition) is 0. The molecule has 0 N–H and O–H groups in total. The highest BCUT2D eigenvalue weighted by atomic mass is 79.9. The Balaban J connectivity index is 0.00000256. The lowest BCUT2D eigenvalue weighted by Gasteiger charge is -2.36. The third-order valence-corrected chi connectivity index (χ3v) is 3.72. The predicted molar refractivity (Wildman–Crippen MR) is 72.1 cm³/mol. The molecular formula is C15H24BrN. The van der Waals surface area contributed by atoms with Gasteiger partial charge in [-0.3, -0.25) is 0 Å². The summed E-state index contributed by atoms with van der Waals surface area (Å²) in [4.78, 5) is 0. The van der Waals surface area contributed by atoms with E-state index in [1.807, 2.05) is 6.08 Å². The molecule has 0 amide bonds. The van der Waals surface area contributed by atoms with Crippen LogP contribution in [0.1, 0.15) is 31.9 Å². The van der Waals surface area contributed by atoms with Gasteiger partial charge in [-0.15, -0.1) is 0 Å². The highest BCUT2D eigenvalue weighted by molar-refractivity contribution is 5.47. The first kappa shape index (κ1) is 16.4. The van der Waals surface area contributed by atoms with E-state index >= 15 is 0 Å². The van der Waals surface area contributed by atoms with E-state index in [9.17, 15) is 0 Å². The first-order valence-electron chi connectivity index (χ1n) is 6.26. The van der Waals surface area contributed by atoms with Gasteiger partial charge in [0.25, 0.3) is 0 Å². The lowest BCUT2D eigenvalue weighted by atomic mass is 10.1. The highest BCUT2D eigenvalue weighted by Crippen LogP contribution is 2.15. The van der Waals surface area contributed by atoms with Gasteiger partial charge in [0.1, 0.15) is 6.54 Å². The summed E-state index contributed by atoms with van der Waals surface area (Å²) in [7, 11) is 0. The minimum absolute atomic E-state index is 0. The van der Waals surface area contributed by atoms with E-state index in [4.69, 9.17) is 0 Å². The topological polar surface area (TPSA) is 0 Å². The first-order chi connectivity index (χ1) is 7.69. The Hall–Kier alpha value is -0.600. The van der Waals surface area contributed by atoms with Crippen LogP contribution in [0, 0.1) is 0 Å². The van der Waals surface area contributed by atoms with E-state index in [1.165, 1.54) is 35.2 Å². The maximum Gasteiger partial charge on any atom is 0.104 e. The summed E-state index contributed by atoms with van der Waals surface area (Å²) in [6.45, 7) is 15.4. The molecule has 0 saturated carbocycles. The van der Waals surface area contributed by atoms with E-state index in [0.717, 1.165) is 6.54 Å². The normalized spacial score (nSPS) is 10.8. The zero-order chi connectivity index (χ0) is 12.0. The molecule has 0 aliphatic heterocycles. The van der Waals surface area contributed by atoms with E-state index in [1.54, 1.807) is 0 Å². The molecular weight excluding hydrogens is 274 g/mol. The van der Waals surface area contributed by atoms with Crippen molar-refractivity contribution in [2.45, 2.75) is 27.3 Å². The number of benzene rings is 1. The molecule has 0 saturated heterocycles. The molecule has 0 aliphatic rings. The SMILES string of the molecule is C=Cc1cccc(C[N+](CC)(CC)CC)c1.[Br-]. The first-order valence-corrected chi connectivity index (χ1v) is 6.26. The molecule has 2 heteroatoms. The van der Waals surface area contributed by atoms with Crippen molar-refractivity contribution in [1.82, 2.24) is 0 Å². The van der Waals surface area contributed by atoms with E-state index < -0.39 is 0 Å². The van der Waals surface area contributed by atoms with Crippen molar-refractivity contribution in [3.63, 3.8) is 0 Å². The number of hydrogen-bond donors (Lipinski definition) is 0. The number of nitrogens with zero attached hydrogens (tertiary/aromatic N) is 1. The molecule has 0 unspecified atom stereocenters. The molecule has 0 bridgehead atoms. The summed E-state index contributed by atoms with van der Waals surface area (Å²) in [6, 6.07) is 8.71. The van der Waals surface area contributed by atoms with Gasteiger partial charge in [-0.1, -0.05) is 30.9 Å². The molecule has 1 aromatic rings. The summed E-state index contributed by atoms with van der Waals surface area (Å²) < 4.78 is 1.17. The van der Waals surface area contributed by atoms with Gasteiger partial charge < -0.3 is 21.5 Å². The van der Waals surface area contributed by atoms with Crippen LogP contribution in [-0.2, 0) is 6.54 Å². The monoisotopic (exact) mass is 297 g/mol. The van der Waals surface area contributed by atoms with Crippen LogP contribution < -0.4 is 17.0 Å². The third-order valence-electron chi connectivity index (χ3n) is 3.72. The fourth-order valence-corrected chi connectivity index (χ4v) is 2.21. The van der Waals surface area contributed by atoms with Crippen LogP contribution in [0.4, 0.5) is 0 Å². The molecule has 0 aliphatic carbocycles. The number of halogens is 1. The summed E-state index contributed by atoms with van der Waals surface area (Å²) in [5.74, 6) is 0. The van der Waals surface area contributed by atoms with Crippen LogP contribution in [0.25, 0.3) is 6.08 Å². The predicted octanol–water partition coefficient (Wildman–Crippen LogP) is 0.710. The van der Waals surface area contributed by atoms with Crippen LogP contribution in [0.3, 0.4) is 0 Å². The molecule has 0 radical (unpaired) electrons. The average Bonchev–Trinajstić information content (AvgIpc) is 2.36. The number of quaternary nitrogens is 1. The summed E-state index contributed by atoms with van der Waals surface area (Å²) in [5.41, 5.74) is 2.64. The Morgan fingerprint density at radius 1 is 1.12 bits per heavy atom. The van der Waals surface area contributed by atoms with Crippen molar-refractivity contribution in [1.29, 1.82) is 0 Å². The van der Waals surface area contributed by atoms with Gasteiger partial charge >= 0.3 is 0 Å². The van der Waals surface area contributed by atoms with Crippen LogP contribution in [0.2, 0.25) is 0 Å². The van der Waals surface area contributed by atoms with Gasteiger partial charge in [-0.2, -0.15) is 0 Å². The highest BCUT2D eigenvalue weighted by Gasteiger charge is 2.20. The Morgan fingerprint density at radius 3 is 2.18 bits per heavy atom. The fraction of sp³-hybridized carbons (Fsp3) is 0.467. The van der Waals surface area contributed by atoms with Crippen LogP contribution in [-0.4, -0.2) is 24.1 Å². The molecule has 0 fully saturated rings. The third kappa shape index (κ3) is 4.29. The minimum atomic E-state index is 0. The zero-order valence-electron chi connectivity index (χ0n) is 11.2. The van der Waals surface area contributed by atoms with Crippen molar-refractivity contribution in [3.8, 4) is 0 Å². The Labute approximate surface area is 117 Å². The molecule has 96 valence electrons. The van der Waals surface area contributed by atoms with Crippen molar-refractivity contribution >= 4 is 6.08 Å². The lowest BCUT2D eigenvalue weighted by Crippen LogP contribution is -3.00. The van der Waals surface area contributed by atoms with E-state index in [0.29, 0.717) is 0 Å². The second kappa shape index (κ2) is 7.67. The maximum absolute atomic E-state index is 3.82. The van der Waals surface area contributed by atoms with Crippen LogP contribution in [0.5, 0.6) is 0 Å². The van der Waals surface area contributed by atoms with Gasteiger partial charge in [0.2, 0.25) is 0 Å². The second-order valence-corrected chi connectivity index (χ2v) is 4.40. The smallest absolute Gasteiger partial charge is 0.104 e. The molecule has 1 rings (SSSR count). The van der Waals surface area contributed by atoms with E-state index in [-0.39, 0.29) is 17.0 Å². The quantitative estimate of drug-likeness (QED) is 0.679. The van der Waals surface area contributed by atoms with E-state index in [2.05, 4.69) is 51.6 Å². The summed E-state index contributed by atoms with van der Waals surface area (Å²) in [6.07, 6.45) is 1.92. The van der Waals surface area contributed by atoms with Crippen LogP contribution >= 0.6 is 0 Å². The second-order valence-electron chi connectivity index (χ2n) is 4.40. The molecule has 1 nitrogen and oxygen atoms in total. The fourth-order valence-electron chi connectivity index (χ4n) is 2.21. The largest absolute Gasteiger partial charge is 1.00 e. The molecule has 0 spiro atoms. The van der Waals surface area contributed by atoms with Gasteiger partial charge in [-0.05, 0) is 32.4 Å². The van der Waals surface area contributed by atoms with Gasteiger partial charge in [0, 0.05) is 5.56 Å². The van der Waals surface area contributed by atoms with Gasteiger partial charge in [-0.25, -0.2) is 0 Å². The standard InChI is InChI=1S/C15H24N.BrH/c1-5-14-10-9-11-15(12-14)13-16(6-2,7-3)8-4;/h5,9-12H,1,6-8,13H2,2-4H3;1H/q+1;/p-1. The molecule has 17 heavy (non-hydrogen) atoms. The minimum Gasteiger partial charge on any atom is -1.00 e. The van der Waals surface area contributed by atoms with Crippen LogP contribution in [0.15, 0.2) is 30.8 Å². The van der Waals surface area contributed by atoms with Gasteiger partial charge in [0.05, 0.1) is 19.6 Å². The number of rotatable bonds is 6. The average molecular weight is 298 g/mol. The Kier molecular flexibility index (Phi) is 7.40. The lowest BCUT2D eigenvalue weighted by molar-refractivity contribution is -0.936. The summed E-state index contributed by atoms with van der Waals surface area (Å²) in [5, 5.41) is 0. The van der Waals surface area contributed by atoms with Gasteiger partial charge in [0.15, 0.2) is 0 Å².